The zero-order valence-electron chi connectivity index (χ0n) is 5.18. The van der Waals surface area contributed by atoms with Crippen molar-refractivity contribution >= 4 is 0 Å². The van der Waals surface area contributed by atoms with Crippen LogP contribution in [0.4, 0.5) is 0 Å². The summed E-state index contributed by atoms with van der Waals surface area (Å²) in [5.74, 6) is 0. The van der Waals surface area contributed by atoms with Gasteiger partial charge < -0.3 is 0 Å². The standard InChI is InChI=1S/C6H14.Ar/c1-3-5-6-4-2;/h3-6H2,1-2H3;. The van der Waals surface area contributed by atoms with Crippen LogP contribution < -0.4 is 0 Å². The molecule has 0 amide bonds. The molecule has 0 nitrogen and oxygen atoms in total. The van der Waals surface area contributed by atoms with Gasteiger partial charge in [-0.1, -0.05) is 39.5 Å². The van der Waals surface area contributed by atoms with Gasteiger partial charge in [0.15, 0.2) is 0 Å². The maximum atomic E-state index is 2.23. The van der Waals surface area contributed by atoms with Crippen molar-refractivity contribution in [3.63, 3.8) is 0 Å². The number of hydrogen-bond donors (Lipinski definition) is 0. The van der Waals surface area contributed by atoms with Gasteiger partial charge in [-0.05, 0) is 0 Å². The molecule has 0 saturated carbocycles. The minimum absolute atomic E-state index is 0. The maximum absolute atomic E-state index is 2.23. The van der Waals surface area contributed by atoms with Gasteiger partial charge in [0.05, 0.1) is 0 Å². The van der Waals surface area contributed by atoms with E-state index in [2.05, 4.69) is 13.8 Å². The maximum Gasteiger partial charge on any atom is 0 e. The molecule has 0 aliphatic carbocycles. The number of unbranched alkanes of at least 4 members (excludes halogenated alkanes) is 3. The quantitative estimate of drug-likeness (QED) is 0.510. The van der Waals surface area contributed by atoms with E-state index in [0.29, 0.717) is 0 Å². The average molecular weight is 126 g/mol. The Kier molecular flexibility index (Phi) is 16.3. The first-order valence-corrected chi connectivity index (χ1v) is 2.91. The molecule has 0 aromatic carbocycles. The molecular weight excluding hydrogens is 112 g/mol. The van der Waals surface area contributed by atoms with Crippen LogP contribution in [0.15, 0.2) is 0 Å². The predicted molar refractivity (Wildman–Crippen MR) is 29.8 cm³/mol. The molecule has 0 bridgehead atoms. The predicted octanol–water partition coefficient (Wildman–Crippen LogP) is 2.59. The fraction of sp³-hybridized carbons (Fsp3) is 1.00. The molecule has 0 aliphatic rings. The molecule has 0 aliphatic heterocycles. The van der Waals surface area contributed by atoms with E-state index < -0.39 is 0 Å². The summed E-state index contributed by atoms with van der Waals surface area (Å²) in [5.41, 5.74) is 0. The number of hydrogen-bond acceptors (Lipinski definition) is 0. The summed E-state index contributed by atoms with van der Waals surface area (Å²) in [4.78, 5) is 0. The molecule has 46 valence electrons. The topological polar surface area (TPSA) is 0 Å². The van der Waals surface area contributed by atoms with Crippen LogP contribution in [0.25, 0.3) is 0 Å². The Morgan fingerprint density at radius 2 is 1.14 bits per heavy atom. The summed E-state index contributed by atoms with van der Waals surface area (Å²) < 4.78 is 0. The van der Waals surface area contributed by atoms with Gasteiger partial charge in [-0.2, -0.15) is 0 Å². The molecule has 0 rings (SSSR count). The zero-order valence-corrected chi connectivity index (χ0v) is 5.89. The summed E-state index contributed by atoms with van der Waals surface area (Å²) in [5, 5.41) is 0. The fourth-order valence-electron chi connectivity index (χ4n) is 0.500. The van der Waals surface area contributed by atoms with E-state index in [4.69, 9.17) is 0 Å². The van der Waals surface area contributed by atoms with Crippen molar-refractivity contribution < 1.29 is 37.7 Å². The van der Waals surface area contributed by atoms with E-state index in [-0.39, 0.29) is 37.7 Å². The Balaban J connectivity index is 0. The van der Waals surface area contributed by atoms with Gasteiger partial charge in [0, 0.05) is 37.7 Å². The van der Waals surface area contributed by atoms with Crippen molar-refractivity contribution in [1.29, 1.82) is 0 Å². The summed E-state index contributed by atoms with van der Waals surface area (Å²) in [6.07, 6.45) is 5.54. The van der Waals surface area contributed by atoms with Gasteiger partial charge in [-0.3, -0.25) is 0 Å². The van der Waals surface area contributed by atoms with Crippen LogP contribution in [0.2, 0.25) is 0 Å². The van der Waals surface area contributed by atoms with Crippen LogP contribution in [0.5, 0.6) is 0 Å². The van der Waals surface area contributed by atoms with Crippen molar-refractivity contribution in [3.8, 4) is 0 Å². The van der Waals surface area contributed by atoms with Gasteiger partial charge in [-0.15, -0.1) is 0 Å². The first-order valence-electron chi connectivity index (χ1n) is 2.91. The second-order valence-corrected chi connectivity index (χ2v) is 1.71. The van der Waals surface area contributed by atoms with Crippen LogP contribution in [0, 0.1) is 37.7 Å². The molecule has 0 heterocycles. The van der Waals surface area contributed by atoms with Crippen LogP contribution in [-0.4, -0.2) is 0 Å². The Labute approximate surface area is 76.7 Å². The van der Waals surface area contributed by atoms with Crippen LogP contribution in [0.1, 0.15) is 39.5 Å². The van der Waals surface area contributed by atoms with Gasteiger partial charge >= 0.3 is 0 Å². The van der Waals surface area contributed by atoms with Gasteiger partial charge in [0.1, 0.15) is 0 Å². The molecule has 0 aromatic heterocycles. The van der Waals surface area contributed by atoms with E-state index in [1.54, 1.807) is 0 Å². The largest absolute Gasteiger partial charge is 0.0654 e. The first-order chi connectivity index (χ1) is 2.91. The molecule has 0 radical (unpaired) electrons. The van der Waals surface area contributed by atoms with Gasteiger partial charge in [-0.25, -0.2) is 0 Å². The van der Waals surface area contributed by atoms with E-state index in [9.17, 15) is 0 Å². The molecule has 0 fully saturated rings. The molecule has 7 heavy (non-hydrogen) atoms. The number of rotatable bonds is 3. The van der Waals surface area contributed by atoms with Crippen molar-refractivity contribution in [2.24, 2.45) is 0 Å². The van der Waals surface area contributed by atoms with E-state index >= 15 is 0 Å². The summed E-state index contributed by atoms with van der Waals surface area (Å²) in [6, 6.07) is 0. The molecule has 0 unspecified atom stereocenters. The molecule has 0 saturated heterocycles. The van der Waals surface area contributed by atoms with Crippen LogP contribution in [0.3, 0.4) is 0 Å². The van der Waals surface area contributed by atoms with Crippen molar-refractivity contribution in [2.45, 2.75) is 39.5 Å². The minimum atomic E-state index is 0. The monoisotopic (exact) mass is 126 g/mol. The van der Waals surface area contributed by atoms with Crippen molar-refractivity contribution in [1.82, 2.24) is 0 Å². The third-order valence-corrected chi connectivity index (χ3v) is 0.957. The normalized spacial score (nSPS) is 7.71. The summed E-state index contributed by atoms with van der Waals surface area (Å²) in [6.45, 7) is 4.46. The fourth-order valence-corrected chi connectivity index (χ4v) is 0.500. The SMILES string of the molecule is CCCCCC.[Ar]. The van der Waals surface area contributed by atoms with E-state index in [1.165, 1.54) is 25.7 Å². The molecule has 0 N–H and O–H groups in total. The first kappa shape index (κ1) is 11.1. The second kappa shape index (κ2) is 10.3. The molecule has 1 heteroatoms. The molecule has 0 atom stereocenters. The van der Waals surface area contributed by atoms with Gasteiger partial charge in [0.2, 0.25) is 0 Å². The van der Waals surface area contributed by atoms with Crippen molar-refractivity contribution in [3.05, 3.63) is 0 Å². The van der Waals surface area contributed by atoms with Crippen molar-refractivity contribution in [2.75, 3.05) is 0 Å². The van der Waals surface area contributed by atoms with E-state index in [1.807, 2.05) is 0 Å². The average Bonchev–Trinajstić information content (AvgIpc) is 1.61. The third kappa shape index (κ3) is 11.1. The third-order valence-electron chi connectivity index (χ3n) is 0.957. The Morgan fingerprint density at radius 1 is 0.857 bits per heavy atom. The minimum Gasteiger partial charge on any atom is -0.0654 e. The Bertz CT molecular complexity index is 16.1. The molecule has 0 aromatic rings. The Hall–Kier alpha value is 1.26. The summed E-state index contributed by atoms with van der Waals surface area (Å²) >= 11 is 0. The Morgan fingerprint density at radius 3 is 1.29 bits per heavy atom. The second-order valence-electron chi connectivity index (χ2n) is 1.71. The molecular formula is C6H14Ar. The van der Waals surface area contributed by atoms with Crippen LogP contribution >= 0.6 is 0 Å². The molecule has 0 spiro atoms. The van der Waals surface area contributed by atoms with Crippen LogP contribution in [-0.2, 0) is 0 Å². The zero-order chi connectivity index (χ0) is 4.83. The smallest absolute Gasteiger partial charge is 0 e. The van der Waals surface area contributed by atoms with Gasteiger partial charge in [0.25, 0.3) is 0 Å². The summed E-state index contributed by atoms with van der Waals surface area (Å²) in [7, 11) is 0. The van der Waals surface area contributed by atoms with E-state index in [0.717, 1.165) is 0 Å².